The Labute approximate surface area is 129 Å². The molecule has 3 nitrogen and oxygen atoms in total. The summed E-state index contributed by atoms with van der Waals surface area (Å²) in [5.74, 6) is 0.953. The van der Waals surface area contributed by atoms with Gasteiger partial charge in [0.25, 0.3) is 0 Å². The van der Waals surface area contributed by atoms with Gasteiger partial charge in [0.05, 0.1) is 6.61 Å². The molecule has 1 unspecified atom stereocenters. The maximum absolute atomic E-state index is 5.97. The highest BCUT2D eigenvalue weighted by atomic mass is 16.5. The minimum Gasteiger partial charge on any atom is -0.489 e. The van der Waals surface area contributed by atoms with Crippen molar-refractivity contribution in [3.63, 3.8) is 0 Å². The van der Waals surface area contributed by atoms with Crippen molar-refractivity contribution in [3.8, 4) is 5.75 Å². The van der Waals surface area contributed by atoms with Crippen LogP contribution in [0.2, 0.25) is 0 Å². The van der Waals surface area contributed by atoms with Gasteiger partial charge >= 0.3 is 0 Å². The lowest BCUT2D eigenvalue weighted by Crippen LogP contribution is -2.37. The van der Waals surface area contributed by atoms with Gasteiger partial charge in [0.1, 0.15) is 11.9 Å². The first-order valence-corrected chi connectivity index (χ1v) is 8.26. The molecule has 118 valence electrons. The summed E-state index contributed by atoms with van der Waals surface area (Å²) in [7, 11) is 1.73. The molecular weight excluding hydrogens is 262 g/mol. The first-order chi connectivity index (χ1) is 10.3. The summed E-state index contributed by atoms with van der Waals surface area (Å²) in [6, 6.07) is 9.05. The van der Waals surface area contributed by atoms with E-state index in [2.05, 4.69) is 36.5 Å². The highest BCUT2D eigenvalue weighted by molar-refractivity contribution is 5.27. The summed E-state index contributed by atoms with van der Waals surface area (Å²) in [5.41, 5.74) is 1.29. The van der Waals surface area contributed by atoms with Gasteiger partial charge in [-0.05, 0) is 43.9 Å². The molecule has 0 spiro atoms. The SMILES string of the molecule is COCCc1ccc(OC(C)CNC2CCCCC2)cc1. The monoisotopic (exact) mass is 291 g/mol. The van der Waals surface area contributed by atoms with E-state index in [0.717, 1.165) is 25.3 Å². The zero-order valence-corrected chi connectivity index (χ0v) is 13.4. The van der Waals surface area contributed by atoms with E-state index in [4.69, 9.17) is 9.47 Å². The molecule has 0 heterocycles. The van der Waals surface area contributed by atoms with Crippen LogP contribution in [0.3, 0.4) is 0 Å². The summed E-state index contributed by atoms with van der Waals surface area (Å²) in [5, 5.41) is 3.64. The second kappa shape index (κ2) is 9.06. The van der Waals surface area contributed by atoms with Crippen LogP contribution in [-0.2, 0) is 11.2 Å². The van der Waals surface area contributed by atoms with E-state index >= 15 is 0 Å². The number of benzene rings is 1. The third-order valence-corrected chi connectivity index (χ3v) is 4.15. The summed E-state index contributed by atoms with van der Waals surface area (Å²) >= 11 is 0. The van der Waals surface area contributed by atoms with Crippen LogP contribution in [0.5, 0.6) is 5.75 Å². The average molecular weight is 291 g/mol. The first kappa shape index (κ1) is 16.3. The molecule has 21 heavy (non-hydrogen) atoms. The number of hydrogen-bond donors (Lipinski definition) is 1. The first-order valence-electron chi connectivity index (χ1n) is 8.26. The Kier molecular flexibility index (Phi) is 7.04. The maximum atomic E-state index is 5.97. The number of methoxy groups -OCH3 is 1. The van der Waals surface area contributed by atoms with Crippen LogP contribution in [-0.4, -0.2) is 32.4 Å². The topological polar surface area (TPSA) is 30.5 Å². The van der Waals surface area contributed by atoms with Crippen molar-refractivity contribution in [2.75, 3.05) is 20.3 Å². The molecule has 0 radical (unpaired) electrons. The van der Waals surface area contributed by atoms with Crippen molar-refractivity contribution in [2.45, 2.75) is 57.6 Å². The van der Waals surface area contributed by atoms with Gasteiger partial charge in [-0.3, -0.25) is 0 Å². The van der Waals surface area contributed by atoms with E-state index < -0.39 is 0 Å². The lowest BCUT2D eigenvalue weighted by atomic mass is 9.95. The van der Waals surface area contributed by atoms with Gasteiger partial charge in [0.15, 0.2) is 0 Å². The fraction of sp³-hybridized carbons (Fsp3) is 0.667. The molecule has 1 N–H and O–H groups in total. The lowest BCUT2D eigenvalue weighted by molar-refractivity contribution is 0.201. The van der Waals surface area contributed by atoms with Crippen LogP contribution in [0.25, 0.3) is 0 Å². The molecule has 0 saturated heterocycles. The summed E-state index contributed by atoms with van der Waals surface area (Å²) < 4.78 is 11.1. The fourth-order valence-corrected chi connectivity index (χ4v) is 2.87. The van der Waals surface area contributed by atoms with Crippen LogP contribution in [0, 0.1) is 0 Å². The quantitative estimate of drug-likeness (QED) is 0.794. The van der Waals surface area contributed by atoms with Crippen LogP contribution in [0.1, 0.15) is 44.6 Å². The zero-order valence-electron chi connectivity index (χ0n) is 13.4. The van der Waals surface area contributed by atoms with Gasteiger partial charge in [0, 0.05) is 19.7 Å². The molecule has 1 saturated carbocycles. The normalized spacial score (nSPS) is 17.6. The smallest absolute Gasteiger partial charge is 0.119 e. The molecule has 1 aromatic rings. The minimum atomic E-state index is 0.205. The van der Waals surface area contributed by atoms with Gasteiger partial charge in [-0.15, -0.1) is 0 Å². The van der Waals surface area contributed by atoms with Crippen LogP contribution >= 0.6 is 0 Å². The maximum Gasteiger partial charge on any atom is 0.119 e. The molecule has 1 fully saturated rings. The standard InChI is InChI=1S/C18H29NO2/c1-15(14-19-17-6-4-3-5-7-17)21-18-10-8-16(9-11-18)12-13-20-2/h8-11,15,17,19H,3-7,12-14H2,1-2H3. The molecule has 3 heteroatoms. The largest absolute Gasteiger partial charge is 0.489 e. The van der Waals surface area contributed by atoms with Gasteiger partial charge in [-0.2, -0.15) is 0 Å². The molecular formula is C18H29NO2. The molecule has 1 aliphatic carbocycles. The van der Waals surface area contributed by atoms with Crippen molar-refractivity contribution in [2.24, 2.45) is 0 Å². The molecule has 1 atom stereocenters. The van der Waals surface area contributed by atoms with E-state index in [1.54, 1.807) is 7.11 Å². The summed E-state index contributed by atoms with van der Waals surface area (Å²) in [6.07, 6.45) is 7.94. The van der Waals surface area contributed by atoms with Crippen molar-refractivity contribution in [3.05, 3.63) is 29.8 Å². The van der Waals surface area contributed by atoms with Crippen LogP contribution in [0.15, 0.2) is 24.3 Å². The second-order valence-electron chi connectivity index (χ2n) is 6.06. The Hall–Kier alpha value is -1.06. The van der Waals surface area contributed by atoms with Crippen molar-refractivity contribution >= 4 is 0 Å². The van der Waals surface area contributed by atoms with E-state index in [9.17, 15) is 0 Å². The highest BCUT2D eigenvalue weighted by Gasteiger charge is 2.14. The van der Waals surface area contributed by atoms with Gasteiger partial charge in [0.2, 0.25) is 0 Å². The Bertz CT molecular complexity index is 385. The fourth-order valence-electron chi connectivity index (χ4n) is 2.87. The third kappa shape index (κ3) is 6.06. The number of rotatable bonds is 8. The van der Waals surface area contributed by atoms with E-state index in [-0.39, 0.29) is 6.10 Å². The predicted octanol–water partition coefficient (Wildman–Crippen LogP) is 3.57. The lowest BCUT2D eigenvalue weighted by Gasteiger charge is -2.25. The van der Waals surface area contributed by atoms with E-state index in [1.165, 1.54) is 37.7 Å². The molecule has 1 aromatic carbocycles. The number of nitrogens with one attached hydrogen (secondary N) is 1. The molecule has 1 aliphatic rings. The Morgan fingerprint density at radius 3 is 2.52 bits per heavy atom. The van der Waals surface area contributed by atoms with Crippen molar-refractivity contribution < 1.29 is 9.47 Å². The van der Waals surface area contributed by atoms with Gasteiger partial charge in [-0.25, -0.2) is 0 Å². The molecule has 0 amide bonds. The van der Waals surface area contributed by atoms with Gasteiger partial charge in [-0.1, -0.05) is 31.4 Å². The van der Waals surface area contributed by atoms with E-state index in [0.29, 0.717) is 6.04 Å². The molecule has 0 aliphatic heterocycles. The Balaban J connectivity index is 1.70. The zero-order chi connectivity index (χ0) is 14.9. The summed E-state index contributed by atoms with van der Waals surface area (Å²) in [4.78, 5) is 0. The number of hydrogen-bond acceptors (Lipinski definition) is 3. The molecule has 0 aromatic heterocycles. The van der Waals surface area contributed by atoms with Gasteiger partial charge < -0.3 is 14.8 Å². The van der Waals surface area contributed by atoms with Crippen molar-refractivity contribution in [1.29, 1.82) is 0 Å². The third-order valence-electron chi connectivity index (χ3n) is 4.15. The Morgan fingerprint density at radius 2 is 1.86 bits per heavy atom. The Morgan fingerprint density at radius 1 is 1.14 bits per heavy atom. The second-order valence-corrected chi connectivity index (χ2v) is 6.06. The predicted molar refractivity (Wildman–Crippen MR) is 87.0 cm³/mol. The average Bonchev–Trinajstić information content (AvgIpc) is 2.53. The number of ether oxygens (including phenoxy) is 2. The highest BCUT2D eigenvalue weighted by Crippen LogP contribution is 2.18. The van der Waals surface area contributed by atoms with Crippen molar-refractivity contribution in [1.82, 2.24) is 5.32 Å². The molecule has 0 bridgehead atoms. The van der Waals surface area contributed by atoms with Crippen LogP contribution in [0.4, 0.5) is 0 Å². The van der Waals surface area contributed by atoms with E-state index in [1.807, 2.05) is 0 Å². The summed E-state index contributed by atoms with van der Waals surface area (Å²) in [6.45, 7) is 3.83. The minimum absolute atomic E-state index is 0.205. The molecule has 2 rings (SSSR count). The van der Waals surface area contributed by atoms with Crippen LogP contribution < -0.4 is 10.1 Å².